The smallest absolute Gasteiger partial charge is 0.0776 e. The monoisotopic (exact) mass is 286 g/mol. The highest BCUT2D eigenvalue weighted by molar-refractivity contribution is 4.91. The zero-order valence-corrected chi connectivity index (χ0v) is 15.3. The quantitative estimate of drug-likeness (QED) is 0.552. The van der Waals surface area contributed by atoms with Crippen LogP contribution in [-0.4, -0.2) is 25.4 Å². The van der Waals surface area contributed by atoms with Crippen LogP contribution in [0.15, 0.2) is 0 Å². The second-order valence-corrected chi connectivity index (χ2v) is 6.89. The molecule has 2 heteroatoms. The van der Waals surface area contributed by atoms with Gasteiger partial charge in [0.05, 0.1) is 18.3 Å². The first kappa shape index (κ1) is 19.9. The standard InChI is InChI=1S/C18H38O2/c1-10-13(3)16(6)18(8,17(7)14(4)11-2)20-12-15(5)19-9/h13-17H,10-12H2,1-9H3. The van der Waals surface area contributed by atoms with E-state index in [9.17, 15) is 0 Å². The maximum absolute atomic E-state index is 6.43. The van der Waals surface area contributed by atoms with Crippen LogP contribution in [0.2, 0.25) is 0 Å². The number of ether oxygens (including phenoxy) is 2. The van der Waals surface area contributed by atoms with Gasteiger partial charge in [0.25, 0.3) is 0 Å². The molecule has 0 radical (unpaired) electrons. The van der Waals surface area contributed by atoms with Crippen LogP contribution in [0.4, 0.5) is 0 Å². The lowest BCUT2D eigenvalue weighted by atomic mass is 9.69. The lowest BCUT2D eigenvalue weighted by molar-refractivity contribution is -0.150. The van der Waals surface area contributed by atoms with Crippen LogP contribution < -0.4 is 0 Å². The maximum atomic E-state index is 6.43. The van der Waals surface area contributed by atoms with Crippen LogP contribution >= 0.6 is 0 Å². The van der Waals surface area contributed by atoms with Crippen molar-refractivity contribution < 1.29 is 9.47 Å². The Morgan fingerprint density at radius 1 is 0.850 bits per heavy atom. The van der Waals surface area contributed by atoms with E-state index >= 15 is 0 Å². The minimum atomic E-state index is -0.0857. The molecule has 122 valence electrons. The zero-order valence-electron chi connectivity index (χ0n) is 15.3. The molecule has 0 aromatic heterocycles. The summed E-state index contributed by atoms with van der Waals surface area (Å²) < 4.78 is 11.8. The van der Waals surface area contributed by atoms with Crippen LogP contribution in [0.25, 0.3) is 0 Å². The highest BCUT2D eigenvalue weighted by Gasteiger charge is 2.41. The molecular weight excluding hydrogens is 248 g/mol. The van der Waals surface area contributed by atoms with Gasteiger partial charge in [0.1, 0.15) is 0 Å². The van der Waals surface area contributed by atoms with E-state index in [0.29, 0.717) is 30.3 Å². The Morgan fingerprint density at radius 3 is 1.55 bits per heavy atom. The molecule has 0 spiro atoms. The number of hydrogen-bond acceptors (Lipinski definition) is 2. The summed E-state index contributed by atoms with van der Waals surface area (Å²) in [5.74, 6) is 2.43. The van der Waals surface area contributed by atoms with Gasteiger partial charge in [-0.05, 0) is 37.5 Å². The molecule has 0 aliphatic rings. The molecule has 0 heterocycles. The van der Waals surface area contributed by atoms with Crippen molar-refractivity contribution in [3.63, 3.8) is 0 Å². The average molecular weight is 286 g/mol. The molecule has 0 rings (SSSR count). The molecule has 0 aromatic rings. The van der Waals surface area contributed by atoms with Crippen molar-refractivity contribution in [2.24, 2.45) is 23.7 Å². The lowest BCUT2D eigenvalue weighted by Gasteiger charge is -2.46. The van der Waals surface area contributed by atoms with Crippen molar-refractivity contribution in [1.82, 2.24) is 0 Å². The molecule has 0 aromatic carbocycles. The van der Waals surface area contributed by atoms with Crippen LogP contribution in [0.5, 0.6) is 0 Å². The van der Waals surface area contributed by atoms with Crippen molar-refractivity contribution in [3.8, 4) is 0 Å². The van der Waals surface area contributed by atoms with Crippen LogP contribution in [0.1, 0.15) is 68.2 Å². The first-order chi connectivity index (χ1) is 9.24. The van der Waals surface area contributed by atoms with Gasteiger partial charge in [0.2, 0.25) is 0 Å². The van der Waals surface area contributed by atoms with E-state index in [4.69, 9.17) is 9.47 Å². The second-order valence-electron chi connectivity index (χ2n) is 6.89. The van der Waals surface area contributed by atoms with Gasteiger partial charge >= 0.3 is 0 Å². The molecule has 0 amide bonds. The molecule has 20 heavy (non-hydrogen) atoms. The van der Waals surface area contributed by atoms with Gasteiger partial charge in [-0.1, -0.05) is 54.4 Å². The van der Waals surface area contributed by atoms with E-state index in [1.807, 2.05) is 0 Å². The van der Waals surface area contributed by atoms with Gasteiger partial charge < -0.3 is 9.47 Å². The summed E-state index contributed by atoms with van der Waals surface area (Å²) in [4.78, 5) is 0. The van der Waals surface area contributed by atoms with Gasteiger partial charge in [0, 0.05) is 7.11 Å². The number of methoxy groups -OCH3 is 1. The van der Waals surface area contributed by atoms with Crippen molar-refractivity contribution in [1.29, 1.82) is 0 Å². The predicted molar refractivity (Wildman–Crippen MR) is 88.1 cm³/mol. The van der Waals surface area contributed by atoms with E-state index < -0.39 is 0 Å². The summed E-state index contributed by atoms with van der Waals surface area (Å²) in [6, 6.07) is 0. The largest absolute Gasteiger partial charge is 0.379 e. The normalized spacial score (nSPS) is 22.6. The number of hydrogen-bond donors (Lipinski definition) is 0. The third-order valence-electron chi connectivity index (χ3n) is 5.83. The molecule has 5 unspecified atom stereocenters. The highest BCUT2D eigenvalue weighted by atomic mass is 16.5. The molecule has 5 atom stereocenters. The van der Waals surface area contributed by atoms with Crippen molar-refractivity contribution in [3.05, 3.63) is 0 Å². The second kappa shape index (κ2) is 9.04. The summed E-state index contributed by atoms with van der Waals surface area (Å²) in [6.45, 7) is 19.0. The highest BCUT2D eigenvalue weighted by Crippen LogP contribution is 2.40. The van der Waals surface area contributed by atoms with Gasteiger partial charge in [-0.2, -0.15) is 0 Å². The minimum absolute atomic E-state index is 0.0857. The van der Waals surface area contributed by atoms with Crippen molar-refractivity contribution in [2.45, 2.75) is 79.9 Å². The van der Waals surface area contributed by atoms with E-state index in [1.165, 1.54) is 12.8 Å². The first-order valence-electron chi connectivity index (χ1n) is 8.41. The molecule has 0 aliphatic carbocycles. The maximum Gasteiger partial charge on any atom is 0.0776 e. The SMILES string of the molecule is CCC(C)C(C)C(C)(OCC(C)OC)C(C)C(C)CC. The van der Waals surface area contributed by atoms with E-state index in [1.54, 1.807) is 7.11 Å². The fourth-order valence-corrected chi connectivity index (χ4v) is 2.88. The fraction of sp³-hybridized carbons (Fsp3) is 1.00. The third-order valence-corrected chi connectivity index (χ3v) is 5.83. The predicted octanol–water partition coefficient (Wildman–Crippen LogP) is 5.16. The Labute approximate surface area is 127 Å². The first-order valence-corrected chi connectivity index (χ1v) is 8.41. The van der Waals surface area contributed by atoms with Crippen LogP contribution in [-0.2, 0) is 9.47 Å². The molecule has 0 bridgehead atoms. The van der Waals surface area contributed by atoms with E-state index in [2.05, 4.69) is 55.4 Å². The topological polar surface area (TPSA) is 18.5 Å². The Morgan fingerprint density at radius 2 is 1.25 bits per heavy atom. The summed E-state index contributed by atoms with van der Waals surface area (Å²) >= 11 is 0. The Balaban J connectivity index is 5.10. The van der Waals surface area contributed by atoms with E-state index in [0.717, 1.165) is 0 Å². The van der Waals surface area contributed by atoms with Crippen molar-refractivity contribution in [2.75, 3.05) is 13.7 Å². The lowest BCUT2D eigenvalue weighted by Crippen LogP contribution is -2.48. The molecule has 0 N–H and O–H groups in total. The van der Waals surface area contributed by atoms with Gasteiger partial charge in [0.15, 0.2) is 0 Å². The average Bonchev–Trinajstić information content (AvgIpc) is 2.48. The molecule has 0 saturated heterocycles. The minimum Gasteiger partial charge on any atom is -0.379 e. The molecule has 0 saturated carbocycles. The molecular formula is C18H38O2. The summed E-state index contributed by atoms with van der Waals surface area (Å²) in [6.07, 6.45) is 2.56. The Hall–Kier alpha value is -0.0800. The molecule has 0 fully saturated rings. The fourth-order valence-electron chi connectivity index (χ4n) is 2.88. The third kappa shape index (κ3) is 5.04. The van der Waals surface area contributed by atoms with E-state index in [-0.39, 0.29) is 11.7 Å². The molecule has 2 nitrogen and oxygen atoms in total. The van der Waals surface area contributed by atoms with Crippen LogP contribution in [0, 0.1) is 23.7 Å². The summed E-state index contributed by atoms with van der Waals surface area (Å²) in [7, 11) is 1.75. The Bertz CT molecular complexity index is 236. The number of rotatable bonds is 10. The van der Waals surface area contributed by atoms with Gasteiger partial charge in [-0.15, -0.1) is 0 Å². The Kier molecular flexibility index (Phi) is 9.01. The summed E-state index contributed by atoms with van der Waals surface area (Å²) in [5.41, 5.74) is -0.0857. The van der Waals surface area contributed by atoms with Crippen molar-refractivity contribution >= 4 is 0 Å². The van der Waals surface area contributed by atoms with Gasteiger partial charge in [-0.3, -0.25) is 0 Å². The van der Waals surface area contributed by atoms with Crippen LogP contribution in [0.3, 0.4) is 0 Å². The van der Waals surface area contributed by atoms with Gasteiger partial charge in [-0.25, -0.2) is 0 Å². The summed E-state index contributed by atoms with van der Waals surface area (Å²) in [5, 5.41) is 0. The molecule has 0 aliphatic heterocycles. The zero-order chi connectivity index (χ0) is 15.9.